The summed E-state index contributed by atoms with van der Waals surface area (Å²) in [5, 5.41) is 3.41. The molecule has 0 aromatic heterocycles. The number of piperidine rings is 1. The van der Waals surface area contributed by atoms with Gasteiger partial charge in [0.1, 0.15) is 0 Å². The molecule has 1 saturated heterocycles. The standard InChI is InChI=1S/C21H32N2O3/c1-3-22-15-16-10-12-23(13-11-16)21(24)17-8-9-19(20(14-17)25-2)26-18-6-4-5-7-18/h8-9,14,16,18,22H,3-7,10-13,15H2,1-2H3. The predicted octanol–water partition coefficient (Wildman–Crippen LogP) is 3.48. The highest BCUT2D eigenvalue weighted by atomic mass is 16.5. The summed E-state index contributed by atoms with van der Waals surface area (Å²) in [6.45, 7) is 5.86. The van der Waals surface area contributed by atoms with Crippen molar-refractivity contribution in [3.05, 3.63) is 23.8 Å². The van der Waals surface area contributed by atoms with Gasteiger partial charge in [-0.15, -0.1) is 0 Å². The molecule has 26 heavy (non-hydrogen) atoms. The smallest absolute Gasteiger partial charge is 0.253 e. The van der Waals surface area contributed by atoms with Gasteiger partial charge in [-0.3, -0.25) is 4.79 Å². The fraction of sp³-hybridized carbons (Fsp3) is 0.667. The monoisotopic (exact) mass is 360 g/mol. The second-order valence-electron chi connectivity index (χ2n) is 7.43. The van der Waals surface area contributed by atoms with Crippen LogP contribution in [0.1, 0.15) is 55.8 Å². The van der Waals surface area contributed by atoms with Crippen LogP contribution in [0.4, 0.5) is 0 Å². The van der Waals surface area contributed by atoms with Crippen LogP contribution in [-0.2, 0) is 0 Å². The van der Waals surface area contributed by atoms with Crippen LogP contribution >= 0.6 is 0 Å². The number of nitrogens with one attached hydrogen (secondary N) is 1. The zero-order valence-electron chi connectivity index (χ0n) is 16.1. The Morgan fingerprint density at radius 2 is 1.88 bits per heavy atom. The number of hydrogen-bond acceptors (Lipinski definition) is 4. The molecule has 1 aromatic carbocycles. The molecule has 5 nitrogen and oxygen atoms in total. The van der Waals surface area contributed by atoms with Gasteiger partial charge in [0.25, 0.3) is 5.91 Å². The first-order valence-electron chi connectivity index (χ1n) is 10.1. The summed E-state index contributed by atoms with van der Waals surface area (Å²) < 4.78 is 11.6. The van der Waals surface area contributed by atoms with Crippen LogP contribution < -0.4 is 14.8 Å². The molecule has 2 aliphatic rings. The minimum Gasteiger partial charge on any atom is -0.493 e. The number of carbonyl (C=O) groups is 1. The number of ether oxygens (including phenoxy) is 2. The van der Waals surface area contributed by atoms with Gasteiger partial charge in [-0.2, -0.15) is 0 Å². The number of benzene rings is 1. The maximum absolute atomic E-state index is 12.9. The van der Waals surface area contributed by atoms with Crippen LogP contribution in [0.2, 0.25) is 0 Å². The largest absolute Gasteiger partial charge is 0.493 e. The minimum atomic E-state index is 0.0950. The number of rotatable bonds is 7. The molecule has 1 N–H and O–H groups in total. The highest BCUT2D eigenvalue weighted by Crippen LogP contribution is 2.33. The Kier molecular flexibility index (Phi) is 6.78. The molecule has 0 bridgehead atoms. The first-order chi connectivity index (χ1) is 12.7. The summed E-state index contributed by atoms with van der Waals surface area (Å²) in [4.78, 5) is 14.8. The minimum absolute atomic E-state index is 0.0950. The number of amides is 1. The van der Waals surface area contributed by atoms with E-state index in [0.717, 1.165) is 57.6 Å². The average molecular weight is 360 g/mol. The highest BCUT2D eigenvalue weighted by Gasteiger charge is 2.25. The van der Waals surface area contributed by atoms with E-state index in [-0.39, 0.29) is 12.0 Å². The molecule has 1 aliphatic heterocycles. The number of nitrogens with zero attached hydrogens (tertiary/aromatic N) is 1. The van der Waals surface area contributed by atoms with E-state index in [2.05, 4.69) is 12.2 Å². The van der Waals surface area contributed by atoms with E-state index < -0.39 is 0 Å². The quantitative estimate of drug-likeness (QED) is 0.809. The molecule has 5 heteroatoms. The Balaban J connectivity index is 1.60. The second-order valence-corrected chi connectivity index (χ2v) is 7.43. The molecule has 1 amide bonds. The summed E-state index contributed by atoms with van der Waals surface area (Å²) in [7, 11) is 1.64. The number of carbonyl (C=O) groups excluding carboxylic acids is 1. The van der Waals surface area contributed by atoms with Gasteiger partial charge in [0.2, 0.25) is 0 Å². The molecule has 0 spiro atoms. The van der Waals surface area contributed by atoms with Crippen LogP contribution in [0.5, 0.6) is 11.5 Å². The molecule has 0 unspecified atom stereocenters. The topological polar surface area (TPSA) is 50.8 Å². The highest BCUT2D eigenvalue weighted by molar-refractivity contribution is 5.95. The molecule has 0 atom stereocenters. The summed E-state index contributed by atoms with van der Waals surface area (Å²) in [5.41, 5.74) is 0.686. The summed E-state index contributed by atoms with van der Waals surface area (Å²) >= 11 is 0. The van der Waals surface area contributed by atoms with Crippen molar-refractivity contribution in [2.24, 2.45) is 5.92 Å². The van der Waals surface area contributed by atoms with Gasteiger partial charge in [-0.1, -0.05) is 6.92 Å². The first-order valence-corrected chi connectivity index (χ1v) is 10.1. The van der Waals surface area contributed by atoms with E-state index in [9.17, 15) is 4.79 Å². The average Bonchev–Trinajstić information content (AvgIpc) is 3.19. The number of hydrogen-bond donors (Lipinski definition) is 1. The van der Waals surface area contributed by atoms with Gasteiger partial charge < -0.3 is 19.7 Å². The Labute approximate surface area is 157 Å². The number of likely N-dealkylation sites (tertiary alicyclic amines) is 1. The molecular weight excluding hydrogens is 328 g/mol. The lowest BCUT2D eigenvalue weighted by atomic mass is 9.96. The van der Waals surface area contributed by atoms with Gasteiger partial charge >= 0.3 is 0 Å². The van der Waals surface area contributed by atoms with Crippen molar-refractivity contribution in [2.75, 3.05) is 33.3 Å². The zero-order valence-corrected chi connectivity index (χ0v) is 16.1. The van der Waals surface area contributed by atoms with Crippen molar-refractivity contribution in [3.63, 3.8) is 0 Å². The van der Waals surface area contributed by atoms with E-state index in [0.29, 0.717) is 17.2 Å². The van der Waals surface area contributed by atoms with Crippen LogP contribution in [-0.4, -0.2) is 50.2 Å². The van der Waals surface area contributed by atoms with E-state index in [1.807, 2.05) is 23.1 Å². The number of methoxy groups -OCH3 is 1. The fourth-order valence-corrected chi connectivity index (χ4v) is 3.95. The zero-order chi connectivity index (χ0) is 18.4. The van der Waals surface area contributed by atoms with Gasteiger partial charge in [-0.05, 0) is 75.7 Å². The van der Waals surface area contributed by atoms with Gasteiger partial charge in [0.15, 0.2) is 11.5 Å². The molecule has 0 radical (unpaired) electrons. The van der Waals surface area contributed by atoms with Gasteiger partial charge in [0, 0.05) is 18.7 Å². The summed E-state index contributed by atoms with van der Waals surface area (Å²) in [5.74, 6) is 2.18. The molecule has 144 valence electrons. The second kappa shape index (κ2) is 9.26. The first kappa shape index (κ1) is 19.0. The maximum atomic E-state index is 12.9. The van der Waals surface area contributed by atoms with E-state index in [4.69, 9.17) is 9.47 Å². The normalized spacial score (nSPS) is 18.9. The van der Waals surface area contributed by atoms with Crippen molar-refractivity contribution in [1.82, 2.24) is 10.2 Å². The van der Waals surface area contributed by atoms with Gasteiger partial charge in [-0.25, -0.2) is 0 Å². The summed E-state index contributed by atoms with van der Waals surface area (Å²) in [6.07, 6.45) is 7.08. The van der Waals surface area contributed by atoms with Gasteiger partial charge in [0.05, 0.1) is 13.2 Å². The van der Waals surface area contributed by atoms with Crippen molar-refractivity contribution in [3.8, 4) is 11.5 Å². The Bertz CT molecular complexity index is 591. The van der Waals surface area contributed by atoms with Crippen LogP contribution in [0.3, 0.4) is 0 Å². The van der Waals surface area contributed by atoms with Crippen LogP contribution in [0.15, 0.2) is 18.2 Å². The lowest BCUT2D eigenvalue weighted by Crippen LogP contribution is -2.40. The molecule has 1 heterocycles. The Morgan fingerprint density at radius 1 is 1.15 bits per heavy atom. The van der Waals surface area contributed by atoms with Crippen molar-refractivity contribution >= 4 is 5.91 Å². The van der Waals surface area contributed by atoms with E-state index in [1.165, 1.54) is 12.8 Å². The molecule has 1 aromatic rings. The third-order valence-electron chi connectivity index (χ3n) is 5.59. The lowest BCUT2D eigenvalue weighted by molar-refractivity contribution is 0.0690. The van der Waals surface area contributed by atoms with E-state index >= 15 is 0 Å². The summed E-state index contributed by atoms with van der Waals surface area (Å²) in [6, 6.07) is 5.60. The van der Waals surface area contributed by atoms with Crippen molar-refractivity contribution < 1.29 is 14.3 Å². The Morgan fingerprint density at radius 3 is 2.54 bits per heavy atom. The lowest BCUT2D eigenvalue weighted by Gasteiger charge is -2.32. The van der Waals surface area contributed by atoms with Crippen molar-refractivity contribution in [1.29, 1.82) is 0 Å². The van der Waals surface area contributed by atoms with E-state index in [1.54, 1.807) is 7.11 Å². The predicted molar refractivity (Wildman–Crippen MR) is 103 cm³/mol. The molecule has 3 rings (SSSR count). The third-order valence-corrected chi connectivity index (χ3v) is 5.59. The van der Waals surface area contributed by atoms with Crippen LogP contribution in [0, 0.1) is 5.92 Å². The maximum Gasteiger partial charge on any atom is 0.253 e. The van der Waals surface area contributed by atoms with Crippen molar-refractivity contribution in [2.45, 2.75) is 51.6 Å². The van der Waals surface area contributed by atoms with Crippen LogP contribution in [0.25, 0.3) is 0 Å². The Hall–Kier alpha value is -1.75. The SMILES string of the molecule is CCNCC1CCN(C(=O)c2ccc(OC3CCCC3)c(OC)c2)CC1. The molecule has 1 aliphatic carbocycles. The fourth-order valence-electron chi connectivity index (χ4n) is 3.95. The molecule has 2 fully saturated rings. The third kappa shape index (κ3) is 4.70. The molecular formula is C21H32N2O3. The molecule has 1 saturated carbocycles.